The number of ether oxygens (including phenoxy) is 1. The minimum atomic E-state index is -0.0192. The lowest BCUT2D eigenvalue weighted by Gasteiger charge is -2.32. The molecule has 0 spiro atoms. The van der Waals surface area contributed by atoms with E-state index >= 15 is 0 Å². The third-order valence-corrected chi connectivity index (χ3v) is 4.46. The largest absolute Gasteiger partial charge is 0.484 e. The fourth-order valence-electron chi connectivity index (χ4n) is 2.47. The Kier molecular flexibility index (Phi) is 4.10. The molecule has 3 nitrogen and oxygen atoms in total. The predicted octanol–water partition coefficient (Wildman–Crippen LogP) is 4.39. The van der Waals surface area contributed by atoms with Crippen LogP contribution in [0.4, 0.5) is 0 Å². The second-order valence-corrected chi connectivity index (χ2v) is 6.60. The van der Waals surface area contributed by atoms with Gasteiger partial charge in [-0.3, -0.25) is 4.98 Å². The zero-order valence-corrected chi connectivity index (χ0v) is 14.1. The minimum absolute atomic E-state index is 0.0192. The molecule has 1 aliphatic rings. The molecule has 1 aromatic heterocycles. The first-order chi connectivity index (χ1) is 9.67. The summed E-state index contributed by atoms with van der Waals surface area (Å²) in [5.74, 6) is 0.925. The molecule has 0 amide bonds. The van der Waals surface area contributed by atoms with E-state index < -0.39 is 0 Å². The summed E-state index contributed by atoms with van der Waals surface area (Å²) < 4.78 is 8.15. The topological polar surface area (TPSA) is 34.2 Å². The van der Waals surface area contributed by atoms with Gasteiger partial charge in [0.25, 0.3) is 0 Å². The minimum Gasteiger partial charge on any atom is -0.484 e. The standard InChI is InChI=1S/C15H14Br2N2O/c1-18-13-7-15(12-4-2-10(17)8-19-12)20-14-5-3-9(16)6-11(13)14/h2-6,8,13,15,18H,7H2,1H3. The van der Waals surface area contributed by atoms with E-state index in [4.69, 9.17) is 4.74 Å². The Balaban J connectivity index is 1.94. The number of nitrogens with one attached hydrogen (secondary N) is 1. The lowest BCUT2D eigenvalue weighted by molar-refractivity contribution is 0.150. The Morgan fingerprint density at radius 1 is 1.20 bits per heavy atom. The van der Waals surface area contributed by atoms with Crippen LogP contribution < -0.4 is 10.1 Å². The first kappa shape index (κ1) is 14.0. The van der Waals surface area contributed by atoms with E-state index in [1.54, 1.807) is 0 Å². The summed E-state index contributed by atoms with van der Waals surface area (Å²) in [6.07, 6.45) is 2.66. The number of benzene rings is 1. The molecular weight excluding hydrogens is 384 g/mol. The van der Waals surface area contributed by atoms with Crippen molar-refractivity contribution in [2.45, 2.75) is 18.6 Å². The van der Waals surface area contributed by atoms with Crippen LogP contribution in [0.3, 0.4) is 0 Å². The number of halogens is 2. The highest BCUT2D eigenvalue weighted by Crippen LogP contribution is 2.41. The molecular formula is C15H14Br2N2O. The second-order valence-electron chi connectivity index (χ2n) is 4.77. The molecule has 20 heavy (non-hydrogen) atoms. The lowest BCUT2D eigenvalue weighted by atomic mass is 9.95. The number of pyridine rings is 1. The molecule has 2 atom stereocenters. The van der Waals surface area contributed by atoms with Gasteiger partial charge in [0.1, 0.15) is 11.9 Å². The Morgan fingerprint density at radius 2 is 2.00 bits per heavy atom. The van der Waals surface area contributed by atoms with Gasteiger partial charge in [-0.2, -0.15) is 0 Å². The molecule has 0 bridgehead atoms. The molecule has 5 heteroatoms. The average molecular weight is 398 g/mol. The fourth-order valence-corrected chi connectivity index (χ4v) is 3.09. The van der Waals surface area contributed by atoms with Crippen LogP contribution in [0.2, 0.25) is 0 Å². The third kappa shape index (κ3) is 2.75. The zero-order valence-electron chi connectivity index (χ0n) is 10.9. The van der Waals surface area contributed by atoms with E-state index in [-0.39, 0.29) is 12.1 Å². The van der Waals surface area contributed by atoms with Gasteiger partial charge in [0.15, 0.2) is 0 Å². The quantitative estimate of drug-likeness (QED) is 0.815. The van der Waals surface area contributed by atoms with Crippen molar-refractivity contribution in [1.82, 2.24) is 10.3 Å². The molecule has 2 unspecified atom stereocenters. The highest BCUT2D eigenvalue weighted by molar-refractivity contribution is 9.10. The summed E-state index contributed by atoms with van der Waals surface area (Å²) >= 11 is 6.92. The predicted molar refractivity (Wildman–Crippen MR) is 85.9 cm³/mol. The molecule has 0 radical (unpaired) electrons. The first-order valence-corrected chi connectivity index (χ1v) is 8.01. The molecule has 0 aliphatic carbocycles. The van der Waals surface area contributed by atoms with Crippen molar-refractivity contribution in [2.75, 3.05) is 7.05 Å². The van der Waals surface area contributed by atoms with Gasteiger partial charge in [-0.25, -0.2) is 0 Å². The van der Waals surface area contributed by atoms with Gasteiger partial charge in [-0.15, -0.1) is 0 Å². The summed E-state index contributed by atoms with van der Waals surface area (Å²) in [6.45, 7) is 0. The molecule has 2 heterocycles. The molecule has 1 aromatic carbocycles. The van der Waals surface area contributed by atoms with Gasteiger partial charge in [0.2, 0.25) is 0 Å². The molecule has 0 saturated carbocycles. The highest BCUT2D eigenvalue weighted by atomic mass is 79.9. The smallest absolute Gasteiger partial charge is 0.142 e. The summed E-state index contributed by atoms with van der Waals surface area (Å²) in [7, 11) is 1.98. The van der Waals surface area contributed by atoms with Crippen molar-refractivity contribution >= 4 is 31.9 Å². The van der Waals surface area contributed by atoms with Gasteiger partial charge in [-0.1, -0.05) is 15.9 Å². The van der Waals surface area contributed by atoms with Crippen LogP contribution in [0.5, 0.6) is 5.75 Å². The van der Waals surface area contributed by atoms with Crippen LogP contribution in [0.15, 0.2) is 45.5 Å². The van der Waals surface area contributed by atoms with Crippen LogP contribution in [0.1, 0.15) is 29.8 Å². The lowest BCUT2D eigenvalue weighted by Crippen LogP contribution is -2.27. The molecule has 3 rings (SSSR count). The van der Waals surface area contributed by atoms with Crippen molar-refractivity contribution in [3.05, 3.63) is 56.7 Å². The summed E-state index contributed by atoms with van der Waals surface area (Å²) in [5, 5.41) is 3.36. The Bertz CT molecular complexity index is 616. The van der Waals surface area contributed by atoms with Crippen LogP contribution in [-0.4, -0.2) is 12.0 Å². The summed E-state index contributed by atoms with van der Waals surface area (Å²) in [5.41, 5.74) is 2.15. The van der Waals surface area contributed by atoms with Crippen molar-refractivity contribution in [3.63, 3.8) is 0 Å². The normalized spacial score (nSPS) is 21.1. The molecule has 0 fully saturated rings. The number of rotatable bonds is 2. The molecule has 0 saturated heterocycles. The Morgan fingerprint density at radius 3 is 2.70 bits per heavy atom. The van der Waals surface area contributed by atoms with Gasteiger partial charge in [0, 0.05) is 33.2 Å². The van der Waals surface area contributed by atoms with E-state index in [1.807, 2.05) is 37.5 Å². The first-order valence-electron chi connectivity index (χ1n) is 6.42. The molecule has 2 aromatic rings. The highest BCUT2D eigenvalue weighted by Gasteiger charge is 2.29. The monoisotopic (exact) mass is 396 g/mol. The van der Waals surface area contributed by atoms with Gasteiger partial charge in [-0.05, 0) is 53.3 Å². The maximum absolute atomic E-state index is 6.11. The maximum Gasteiger partial charge on any atom is 0.142 e. The number of nitrogens with zero attached hydrogens (tertiary/aromatic N) is 1. The number of hydrogen-bond acceptors (Lipinski definition) is 3. The second kappa shape index (κ2) is 5.84. The SMILES string of the molecule is CNC1CC(c2ccc(Br)cn2)Oc2ccc(Br)cc21. The van der Waals surface area contributed by atoms with Gasteiger partial charge >= 0.3 is 0 Å². The molecule has 104 valence electrons. The van der Waals surface area contributed by atoms with Crippen molar-refractivity contribution in [3.8, 4) is 5.75 Å². The summed E-state index contributed by atoms with van der Waals surface area (Å²) in [6, 6.07) is 10.4. The number of fused-ring (bicyclic) bond motifs is 1. The fraction of sp³-hybridized carbons (Fsp3) is 0.267. The van der Waals surface area contributed by atoms with E-state index in [2.05, 4.69) is 48.2 Å². The van der Waals surface area contributed by atoms with E-state index in [0.29, 0.717) is 0 Å². The van der Waals surface area contributed by atoms with Crippen LogP contribution in [-0.2, 0) is 0 Å². The van der Waals surface area contributed by atoms with Crippen LogP contribution >= 0.6 is 31.9 Å². The summed E-state index contributed by atoms with van der Waals surface area (Å²) in [4.78, 5) is 4.45. The van der Waals surface area contributed by atoms with E-state index in [9.17, 15) is 0 Å². The molecule has 1 N–H and O–H groups in total. The third-order valence-electron chi connectivity index (χ3n) is 3.49. The van der Waals surface area contributed by atoms with Crippen LogP contribution in [0, 0.1) is 0 Å². The van der Waals surface area contributed by atoms with Crippen molar-refractivity contribution in [2.24, 2.45) is 0 Å². The average Bonchev–Trinajstić information content (AvgIpc) is 2.47. The van der Waals surface area contributed by atoms with Gasteiger partial charge in [0.05, 0.1) is 5.69 Å². The Labute approximate surface area is 135 Å². The van der Waals surface area contributed by atoms with Crippen molar-refractivity contribution in [1.29, 1.82) is 0 Å². The number of aromatic nitrogens is 1. The number of hydrogen-bond donors (Lipinski definition) is 1. The Hall–Kier alpha value is -0.910. The zero-order chi connectivity index (χ0) is 14.1. The maximum atomic E-state index is 6.11. The van der Waals surface area contributed by atoms with Crippen molar-refractivity contribution < 1.29 is 4.74 Å². The molecule has 1 aliphatic heterocycles. The van der Waals surface area contributed by atoms with Gasteiger partial charge < -0.3 is 10.1 Å². The van der Waals surface area contributed by atoms with E-state index in [0.717, 1.165) is 26.8 Å². The van der Waals surface area contributed by atoms with E-state index in [1.165, 1.54) is 5.56 Å². The van der Waals surface area contributed by atoms with Crippen LogP contribution in [0.25, 0.3) is 0 Å².